The highest BCUT2D eigenvalue weighted by atomic mass is 16.2. The van der Waals surface area contributed by atoms with Gasteiger partial charge in [0.05, 0.1) is 11.1 Å². The number of nitrogens with two attached hydrogens (primary N) is 3. The topological polar surface area (TPSA) is 112 Å². The first-order chi connectivity index (χ1) is 12.5. The predicted molar refractivity (Wildman–Crippen MR) is 107 cm³/mol. The molecule has 1 rings (SSSR count). The molecule has 0 unspecified atom stereocenters. The Labute approximate surface area is 157 Å². The van der Waals surface area contributed by atoms with Crippen LogP contribution in [0.15, 0.2) is 12.1 Å². The quantitative estimate of drug-likeness (QED) is 0.440. The van der Waals surface area contributed by atoms with Crippen LogP contribution in [0, 0.1) is 6.92 Å². The maximum absolute atomic E-state index is 11.7. The highest BCUT2D eigenvalue weighted by Gasteiger charge is 2.17. The number of rotatable bonds is 14. The van der Waals surface area contributed by atoms with Crippen molar-refractivity contribution in [2.75, 3.05) is 6.54 Å². The van der Waals surface area contributed by atoms with Gasteiger partial charge in [-0.25, -0.2) is 0 Å². The highest BCUT2D eigenvalue weighted by Crippen LogP contribution is 2.21. The van der Waals surface area contributed by atoms with Gasteiger partial charge in [-0.15, -0.1) is 0 Å². The molecule has 0 heterocycles. The van der Waals surface area contributed by atoms with Crippen molar-refractivity contribution in [1.82, 2.24) is 0 Å². The zero-order valence-corrected chi connectivity index (χ0v) is 16.2. The molecule has 1 aromatic carbocycles. The molecule has 0 aliphatic rings. The maximum Gasteiger partial charge on any atom is 0.249 e. The minimum absolute atomic E-state index is 0.213. The van der Waals surface area contributed by atoms with E-state index in [4.69, 9.17) is 17.2 Å². The van der Waals surface area contributed by atoms with Crippen molar-refractivity contribution in [3.63, 3.8) is 0 Å². The minimum atomic E-state index is -0.614. The number of benzene rings is 1. The number of primary amides is 2. The van der Waals surface area contributed by atoms with Crippen molar-refractivity contribution >= 4 is 11.8 Å². The van der Waals surface area contributed by atoms with Gasteiger partial charge in [0.15, 0.2) is 0 Å². The van der Waals surface area contributed by atoms with Gasteiger partial charge >= 0.3 is 0 Å². The normalized spacial score (nSPS) is 10.8. The molecule has 2 amide bonds. The van der Waals surface area contributed by atoms with Crippen molar-refractivity contribution in [1.29, 1.82) is 0 Å². The fourth-order valence-corrected chi connectivity index (χ4v) is 3.42. The van der Waals surface area contributed by atoms with Gasteiger partial charge in [0.25, 0.3) is 0 Å². The summed E-state index contributed by atoms with van der Waals surface area (Å²) in [5.41, 5.74) is 18.6. The van der Waals surface area contributed by atoms with Crippen LogP contribution >= 0.6 is 0 Å². The Balaban J connectivity index is 2.30. The molecular weight excluding hydrogens is 326 g/mol. The van der Waals surface area contributed by atoms with Gasteiger partial charge < -0.3 is 17.2 Å². The average molecular weight is 362 g/mol. The summed E-state index contributed by atoms with van der Waals surface area (Å²) in [4.78, 5) is 23.1. The second-order valence-corrected chi connectivity index (χ2v) is 7.07. The van der Waals surface area contributed by atoms with Crippen LogP contribution in [0.3, 0.4) is 0 Å². The van der Waals surface area contributed by atoms with Crippen LogP contribution in [0.4, 0.5) is 0 Å². The lowest BCUT2D eigenvalue weighted by Gasteiger charge is -2.12. The van der Waals surface area contributed by atoms with Crippen LogP contribution in [0.25, 0.3) is 0 Å². The molecule has 0 saturated carbocycles. The Kier molecular flexibility index (Phi) is 10.6. The van der Waals surface area contributed by atoms with E-state index < -0.39 is 11.8 Å². The molecule has 0 atom stereocenters. The molecule has 5 heteroatoms. The van der Waals surface area contributed by atoms with Crippen LogP contribution in [-0.2, 0) is 6.42 Å². The van der Waals surface area contributed by atoms with Crippen LogP contribution in [0.5, 0.6) is 0 Å². The summed E-state index contributed by atoms with van der Waals surface area (Å²) < 4.78 is 0. The zero-order chi connectivity index (χ0) is 19.4. The molecule has 0 saturated heterocycles. The van der Waals surface area contributed by atoms with E-state index in [0.29, 0.717) is 0 Å². The molecule has 0 aliphatic heterocycles. The fraction of sp³-hybridized carbons (Fsp3) is 0.619. The zero-order valence-electron chi connectivity index (χ0n) is 16.2. The summed E-state index contributed by atoms with van der Waals surface area (Å²) >= 11 is 0. The minimum Gasteiger partial charge on any atom is -0.366 e. The molecule has 26 heavy (non-hydrogen) atoms. The van der Waals surface area contributed by atoms with E-state index in [0.717, 1.165) is 36.9 Å². The summed E-state index contributed by atoms with van der Waals surface area (Å²) in [5.74, 6) is -1.21. The van der Waals surface area contributed by atoms with Crippen molar-refractivity contribution in [3.8, 4) is 0 Å². The summed E-state index contributed by atoms with van der Waals surface area (Å²) in [6.45, 7) is 2.65. The Bertz CT molecular complexity index is 585. The molecule has 0 aliphatic carbocycles. The summed E-state index contributed by atoms with van der Waals surface area (Å²) in [6, 6.07) is 3.51. The number of aryl methyl sites for hydroxylation is 1. The second-order valence-electron chi connectivity index (χ2n) is 7.07. The van der Waals surface area contributed by atoms with Gasteiger partial charge in [0.1, 0.15) is 0 Å². The maximum atomic E-state index is 11.7. The van der Waals surface area contributed by atoms with Crippen molar-refractivity contribution in [2.24, 2.45) is 17.2 Å². The first kappa shape index (κ1) is 22.2. The van der Waals surface area contributed by atoms with Crippen LogP contribution in [-0.4, -0.2) is 18.4 Å². The number of hydrogen-bond acceptors (Lipinski definition) is 3. The number of carbonyl (C=O) groups excluding carboxylic acids is 2. The molecule has 5 nitrogen and oxygen atoms in total. The fourth-order valence-electron chi connectivity index (χ4n) is 3.42. The second kappa shape index (κ2) is 12.5. The average Bonchev–Trinajstić information content (AvgIpc) is 2.60. The van der Waals surface area contributed by atoms with E-state index >= 15 is 0 Å². The SMILES string of the molecule is Cc1c(CCCCCCCCCCCCN)ccc(C(N)=O)c1C(N)=O. The molecular formula is C21H35N3O2. The first-order valence-corrected chi connectivity index (χ1v) is 9.91. The molecule has 0 radical (unpaired) electrons. The van der Waals surface area contributed by atoms with Crippen molar-refractivity contribution in [3.05, 3.63) is 34.4 Å². The standard InChI is InChI=1S/C21H35N3O2/c1-16-17(13-14-18(20(23)25)19(16)21(24)26)12-10-8-6-4-2-3-5-7-9-11-15-22/h13-14H,2-12,15,22H2,1H3,(H2,23,25)(H2,24,26). The lowest BCUT2D eigenvalue weighted by molar-refractivity contribution is 0.0966. The van der Waals surface area contributed by atoms with Gasteiger partial charge in [-0.1, -0.05) is 57.4 Å². The van der Waals surface area contributed by atoms with E-state index in [1.54, 1.807) is 6.07 Å². The molecule has 0 bridgehead atoms. The number of unbranched alkanes of at least 4 members (excludes halogenated alkanes) is 9. The van der Waals surface area contributed by atoms with E-state index in [1.807, 2.05) is 13.0 Å². The smallest absolute Gasteiger partial charge is 0.249 e. The third-order valence-corrected chi connectivity index (χ3v) is 4.99. The lowest BCUT2D eigenvalue weighted by atomic mass is 9.93. The summed E-state index contributed by atoms with van der Waals surface area (Å²) in [5, 5.41) is 0. The molecule has 0 aromatic heterocycles. The number of carbonyl (C=O) groups is 2. The highest BCUT2D eigenvalue weighted by molar-refractivity contribution is 6.07. The van der Waals surface area contributed by atoms with Crippen molar-refractivity contribution in [2.45, 2.75) is 77.6 Å². The summed E-state index contributed by atoms with van der Waals surface area (Å²) in [7, 11) is 0. The molecule has 0 spiro atoms. The van der Waals surface area contributed by atoms with Crippen LogP contribution in [0.2, 0.25) is 0 Å². The Morgan fingerprint density at radius 2 is 1.27 bits per heavy atom. The van der Waals surface area contributed by atoms with Crippen LogP contribution < -0.4 is 17.2 Å². The molecule has 0 fully saturated rings. The molecule has 146 valence electrons. The van der Waals surface area contributed by atoms with E-state index in [-0.39, 0.29) is 11.1 Å². The predicted octanol–water partition coefficient (Wildman–Crippen LogP) is 3.60. The van der Waals surface area contributed by atoms with E-state index in [1.165, 1.54) is 51.4 Å². The van der Waals surface area contributed by atoms with Gasteiger partial charge in [0.2, 0.25) is 11.8 Å². The summed E-state index contributed by atoms with van der Waals surface area (Å²) in [6.07, 6.45) is 13.3. The van der Waals surface area contributed by atoms with Gasteiger partial charge in [-0.05, 0) is 49.9 Å². The third kappa shape index (κ3) is 7.56. The van der Waals surface area contributed by atoms with Gasteiger partial charge in [0, 0.05) is 0 Å². The number of amides is 2. The Hall–Kier alpha value is -1.88. The van der Waals surface area contributed by atoms with E-state index in [2.05, 4.69) is 0 Å². The molecule has 6 N–H and O–H groups in total. The molecule has 1 aromatic rings. The van der Waals surface area contributed by atoms with E-state index in [9.17, 15) is 9.59 Å². The van der Waals surface area contributed by atoms with Gasteiger partial charge in [-0.2, -0.15) is 0 Å². The Morgan fingerprint density at radius 1 is 0.769 bits per heavy atom. The first-order valence-electron chi connectivity index (χ1n) is 9.91. The van der Waals surface area contributed by atoms with Crippen LogP contribution in [0.1, 0.15) is 96.1 Å². The van der Waals surface area contributed by atoms with Gasteiger partial charge in [-0.3, -0.25) is 9.59 Å². The number of hydrogen-bond donors (Lipinski definition) is 3. The third-order valence-electron chi connectivity index (χ3n) is 4.99. The Morgan fingerprint density at radius 3 is 1.73 bits per heavy atom. The van der Waals surface area contributed by atoms with Crippen molar-refractivity contribution < 1.29 is 9.59 Å². The largest absolute Gasteiger partial charge is 0.366 e. The monoisotopic (exact) mass is 361 g/mol. The lowest BCUT2D eigenvalue weighted by Crippen LogP contribution is -2.22.